The minimum Gasteiger partial charge on any atom is -0.369 e. The van der Waals surface area contributed by atoms with Gasteiger partial charge in [-0.2, -0.15) is 0 Å². The Morgan fingerprint density at radius 1 is 1.20 bits per heavy atom. The minimum atomic E-state index is 0.726. The van der Waals surface area contributed by atoms with Crippen LogP contribution in [0.15, 0.2) is 30.9 Å². The zero-order valence-corrected chi connectivity index (χ0v) is 14.1. The summed E-state index contributed by atoms with van der Waals surface area (Å²) in [6.07, 6.45) is 6.08. The van der Waals surface area contributed by atoms with Gasteiger partial charge in [-0.25, -0.2) is 9.97 Å². The van der Waals surface area contributed by atoms with Crippen LogP contribution in [0.2, 0.25) is 0 Å². The highest BCUT2D eigenvalue weighted by Crippen LogP contribution is 2.25. The van der Waals surface area contributed by atoms with Crippen molar-refractivity contribution in [2.75, 3.05) is 11.9 Å². The quantitative estimate of drug-likeness (QED) is 0.703. The van der Waals surface area contributed by atoms with Crippen molar-refractivity contribution in [3.63, 3.8) is 0 Å². The van der Waals surface area contributed by atoms with E-state index in [0.29, 0.717) is 0 Å². The van der Waals surface area contributed by atoms with Crippen molar-refractivity contribution in [3.8, 4) is 11.4 Å². The number of aryl methyl sites for hydroxylation is 1. The predicted molar refractivity (Wildman–Crippen MR) is 93.7 cm³/mol. The molecule has 4 rings (SSSR count). The molecule has 1 aliphatic rings. The molecule has 2 N–H and O–H groups in total. The molecule has 128 valence electrons. The summed E-state index contributed by atoms with van der Waals surface area (Å²) < 4.78 is 2.05. The van der Waals surface area contributed by atoms with Gasteiger partial charge in [-0.05, 0) is 19.1 Å². The number of hydrogen-bond donors (Lipinski definition) is 2. The summed E-state index contributed by atoms with van der Waals surface area (Å²) in [7, 11) is 0. The van der Waals surface area contributed by atoms with Gasteiger partial charge in [-0.15, -0.1) is 10.2 Å². The summed E-state index contributed by atoms with van der Waals surface area (Å²) in [6.45, 7) is 5.28. The zero-order valence-electron chi connectivity index (χ0n) is 14.1. The number of rotatable bonds is 6. The van der Waals surface area contributed by atoms with Crippen LogP contribution in [0.1, 0.15) is 24.0 Å². The first-order valence-corrected chi connectivity index (χ1v) is 8.46. The van der Waals surface area contributed by atoms with E-state index in [-0.39, 0.29) is 0 Å². The van der Waals surface area contributed by atoms with Crippen LogP contribution < -0.4 is 10.6 Å². The van der Waals surface area contributed by atoms with Crippen molar-refractivity contribution in [3.05, 3.63) is 47.9 Å². The van der Waals surface area contributed by atoms with E-state index in [9.17, 15) is 0 Å². The number of hydrogen-bond acceptors (Lipinski definition) is 7. The van der Waals surface area contributed by atoms with Crippen LogP contribution >= 0.6 is 0 Å². The molecule has 0 unspecified atom stereocenters. The summed E-state index contributed by atoms with van der Waals surface area (Å²) in [5.74, 6) is 2.60. The Labute approximate surface area is 145 Å². The minimum absolute atomic E-state index is 0.726. The molecule has 0 saturated heterocycles. The molecule has 1 aliphatic heterocycles. The fraction of sp³-hybridized carbons (Fsp3) is 0.353. The van der Waals surface area contributed by atoms with Gasteiger partial charge in [-0.3, -0.25) is 4.98 Å². The molecule has 0 amide bonds. The third-order valence-electron chi connectivity index (χ3n) is 4.30. The summed E-state index contributed by atoms with van der Waals surface area (Å²) in [5, 5.41) is 15.0. The van der Waals surface area contributed by atoms with E-state index >= 15 is 0 Å². The standard InChI is InChI=1S/C17H20N8/c1-2-25-11-21-24-15(25)5-8-20-17-13-9-19-10-14(13)22-16(23-17)12-3-6-18-7-4-12/h3-4,6-7,11,19H,2,5,8-10H2,1H3,(H,20,22,23). The number of nitrogens with zero attached hydrogens (tertiary/aromatic N) is 6. The highest BCUT2D eigenvalue weighted by molar-refractivity contribution is 5.60. The number of pyridine rings is 1. The normalized spacial score (nSPS) is 13.0. The number of aromatic nitrogens is 6. The van der Waals surface area contributed by atoms with Crippen LogP contribution in [0.4, 0.5) is 5.82 Å². The third-order valence-corrected chi connectivity index (χ3v) is 4.30. The maximum atomic E-state index is 4.74. The molecule has 0 aromatic carbocycles. The Hall–Kier alpha value is -2.87. The van der Waals surface area contributed by atoms with Gasteiger partial charge in [0.1, 0.15) is 18.0 Å². The highest BCUT2D eigenvalue weighted by atomic mass is 15.3. The summed E-state index contributed by atoms with van der Waals surface area (Å²) >= 11 is 0. The molecule has 0 bridgehead atoms. The summed E-state index contributed by atoms with van der Waals surface area (Å²) in [5.41, 5.74) is 3.18. The summed E-state index contributed by atoms with van der Waals surface area (Å²) in [6, 6.07) is 3.86. The molecule has 4 heterocycles. The number of fused-ring (bicyclic) bond motifs is 1. The van der Waals surface area contributed by atoms with Gasteiger partial charge < -0.3 is 15.2 Å². The van der Waals surface area contributed by atoms with Crippen molar-refractivity contribution in [1.82, 2.24) is 35.0 Å². The summed E-state index contributed by atoms with van der Waals surface area (Å²) in [4.78, 5) is 13.5. The first-order chi connectivity index (χ1) is 12.3. The van der Waals surface area contributed by atoms with Gasteiger partial charge in [-0.1, -0.05) is 0 Å². The monoisotopic (exact) mass is 336 g/mol. The molecule has 0 aliphatic carbocycles. The molecule has 0 fully saturated rings. The van der Waals surface area contributed by atoms with Crippen LogP contribution in [-0.2, 0) is 26.1 Å². The van der Waals surface area contributed by atoms with E-state index in [2.05, 4.69) is 37.3 Å². The van der Waals surface area contributed by atoms with E-state index < -0.39 is 0 Å². The van der Waals surface area contributed by atoms with Crippen molar-refractivity contribution in [2.45, 2.75) is 33.0 Å². The lowest BCUT2D eigenvalue weighted by atomic mass is 10.2. The second-order valence-electron chi connectivity index (χ2n) is 5.87. The van der Waals surface area contributed by atoms with E-state index in [0.717, 1.165) is 66.9 Å². The molecule has 0 spiro atoms. The Bertz CT molecular complexity index is 858. The van der Waals surface area contributed by atoms with Crippen molar-refractivity contribution < 1.29 is 0 Å². The predicted octanol–water partition coefficient (Wildman–Crippen LogP) is 1.41. The number of anilines is 1. The average molecular weight is 336 g/mol. The molecule has 0 saturated carbocycles. The average Bonchev–Trinajstić information content (AvgIpc) is 3.31. The Morgan fingerprint density at radius 3 is 2.92 bits per heavy atom. The lowest BCUT2D eigenvalue weighted by molar-refractivity contribution is 0.697. The molecular formula is C17H20N8. The first-order valence-electron chi connectivity index (χ1n) is 8.46. The SMILES string of the molecule is CCn1cnnc1CCNc1nc(-c2ccncc2)nc2c1CNC2. The molecular weight excluding hydrogens is 316 g/mol. The molecule has 3 aromatic heterocycles. The van der Waals surface area contributed by atoms with Crippen molar-refractivity contribution in [2.24, 2.45) is 0 Å². The van der Waals surface area contributed by atoms with Gasteiger partial charge in [0.15, 0.2) is 5.82 Å². The fourth-order valence-corrected chi connectivity index (χ4v) is 2.97. The lowest BCUT2D eigenvalue weighted by Crippen LogP contribution is -2.13. The van der Waals surface area contributed by atoms with Crippen LogP contribution in [0, 0.1) is 0 Å². The van der Waals surface area contributed by atoms with Crippen LogP contribution in [-0.4, -0.2) is 36.3 Å². The largest absolute Gasteiger partial charge is 0.369 e. The molecule has 25 heavy (non-hydrogen) atoms. The lowest BCUT2D eigenvalue weighted by Gasteiger charge is -2.12. The first kappa shape index (κ1) is 15.6. The number of nitrogens with one attached hydrogen (secondary N) is 2. The Kier molecular flexibility index (Phi) is 4.34. The van der Waals surface area contributed by atoms with Gasteiger partial charge in [0.25, 0.3) is 0 Å². The van der Waals surface area contributed by atoms with Gasteiger partial charge in [0.05, 0.1) is 5.69 Å². The van der Waals surface area contributed by atoms with Crippen molar-refractivity contribution in [1.29, 1.82) is 0 Å². The molecule has 3 aromatic rings. The topological polar surface area (TPSA) is 93.4 Å². The highest BCUT2D eigenvalue weighted by Gasteiger charge is 2.19. The van der Waals surface area contributed by atoms with Gasteiger partial charge in [0.2, 0.25) is 0 Å². The van der Waals surface area contributed by atoms with Crippen LogP contribution in [0.5, 0.6) is 0 Å². The second-order valence-corrected chi connectivity index (χ2v) is 5.87. The fourth-order valence-electron chi connectivity index (χ4n) is 2.97. The molecule has 0 atom stereocenters. The van der Waals surface area contributed by atoms with Gasteiger partial charge in [0, 0.05) is 56.1 Å². The van der Waals surface area contributed by atoms with E-state index in [4.69, 9.17) is 9.97 Å². The molecule has 0 radical (unpaired) electrons. The molecule has 8 nitrogen and oxygen atoms in total. The van der Waals surface area contributed by atoms with Crippen LogP contribution in [0.25, 0.3) is 11.4 Å². The van der Waals surface area contributed by atoms with E-state index in [1.165, 1.54) is 0 Å². The Balaban J connectivity index is 1.55. The van der Waals surface area contributed by atoms with Gasteiger partial charge >= 0.3 is 0 Å². The zero-order chi connectivity index (χ0) is 17.1. The van der Waals surface area contributed by atoms with E-state index in [1.54, 1.807) is 18.7 Å². The Morgan fingerprint density at radius 2 is 2.08 bits per heavy atom. The van der Waals surface area contributed by atoms with E-state index in [1.807, 2.05) is 12.1 Å². The molecule has 8 heteroatoms. The smallest absolute Gasteiger partial charge is 0.161 e. The maximum absolute atomic E-state index is 4.74. The third kappa shape index (κ3) is 3.20. The maximum Gasteiger partial charge on any atom is 0.161 e. The van der Waals surface area contributed by atoms with Crippen molar-refractivity contribution >= 4 is 5.82 Å². The van der Waals surface area contributed by atoms with Crippen LogP contribution in [0.3, 0.4) is 0 Å². The second kappa shape index (κ2) is 6.94.